The molecule has 0 spiro atoms. The van der Waals surface area contributed by atoms with Gasteiger partial charge in [-0.2, -0.15) is 0 Å². The molecule has 10 heteroatoms. The zero-order valence-electron chi connectivity index (χ0n) is 21.5. The van der Waals surface area contributed by atoms with E-state index in [-0.39, 0.29) is 6.04 Å². The quantitative estimate of drug-likeness (QED) is 0.290. The van der Waals surface area contributed by atoms with E-state index in [0.717, 1.165) is 48.4 Å². The first-order chi connectivity index (χ1) is 17.3. The normalized spacial score (nSPS) is 14.1. The molecule has 0 atom stereocenters. The first-order valence-electron chi connectivity index (χ1n) is 12.4. The van der Waals surface area contributed by atoms with Crippen LogP contribution in [0.5, 0.6) is 11.5 Å². The van der Waals surface area contributed by atoms with E-state index >= 15 is 0 Å². The number of amides is 1. The number of hydrogen-bond acceptors (Lipinski definition) is 7. The molecule has 9 nitrogen and oxygen atoms in total. The molecular formula is C26H35N5O4Si. The Hall–Kier alpha value is -3.24. The van der Waals surface area contributed by atoms with Crippen LogP contribution in [0.1, 0.15) is 25.7 Å². The SMILES string of the molecule is COc1ccc(OC(=O)NC2CCCC2)cc1-c1cncc(-c2nncn2COCC[Si](C)(C)C)c1. The van der Waals surface area contributed by atoms with Crippen LogP contribution in [0.2, 0.25) is 25.7 Å². The number of nitrogens with one attached hydrogen (secondary N) is 1. The van der Waals surface area contributed by atoms with Crippen molar-refractivity contribution in [2.24, 2.45) is 0 Å². The minimum absolute atomic E-state index is 0.188. The van der Waals surface area contributed by atoms with Gasteiger partial charge in [-0.05, 0) is 43.2 Å². The number of nitrogens with zero attached hydrogens (tertiary/aromatic N) is 4. The van der Waals surface area contributed by atoms with Crippen molar-refractivity contribution in [3.63, 3.8) is 0 Å². The molecule has 0 unspecified atom stereocenters. The second kappa shape index (κ2) is 11.7. The molecule has 1 aliphatic carbocycles. The molecule has 2 heterocycles. The number of aromatic nitrogens is 4. The maximum absolute atomic E-state index is 12.4. The Morgan fingerprint density at radius 2 is 1.92 bits per heavy atom. The van der Waals surface area contributed by atoms with Crippen LogP contribution < -0.4 is 14.8 Å². The standard InChI is InChI=1S/C26H35N5O4Si/c1-33-24-10-9-22(35-26(32)29-21-7-5-6-8-21)14-23(24)19-13-20(16-27-15-19)25-30-28-17-31(25)18-34-11-12-36(2,3)4/h9-10,13-17,21H,5-8,11-12,18H2,1-4H3,(H,29,32). The van der Waals surface area contributed by atoms with Gasteiger partial charge in [0.2, 0.25) is 0 Å². The van der Waals surface area contributed by atoms with E-state index in [1.165, 1.54) is 0 Å². The number of hydrogen-bond donors (Lipinski definition) is 1. The minimum Gasteiger partial charge on any atom is -0.496 e. The molecule has 2 aromatic heterocycles. The second-order valence-corrected chi connectivity index (χ2v) is 15.9. The van der Waals surface area contributed by atoms with Crippen molar-refractivity contribution in [3.8, 4) is 34.0 Å². The first kappa shape index (κ1) is 25.8. The zero-order chi connectivity index (χ0) is 25.5. The fourth-order valence-corrected chi connectivity index (χ4v) is 4.93. The van der Waals surface area contributed by atoms with Gasteiger partial charge in [-0.25, -0.2) is 4.79 Å². The topological polar surface area (TPSA) is 100 Å². The Labute approximate surface area is 213 Å². The lowest BCUT2D eigenvalue weighted by molar-refractivity contribution is 0.0880. The van der Waals surface area contributed by atoms with Crippen LogP contribution in [-0.2, 0) is 11.5 Å². The highest BCUT2D eigenvalue weighted by atomic mass is 28.3. The average Bonchev–Trinajstić information content (AvgIpc) is 3.53. The zero-order valence-corrected chi connectivity index (χ0v) is 22.5. The van der Waals surface area contributed by atoms with Crippen molar-refractivity contribution in [1.82, 2.24) is 25.1 Å². The summed E-state index contributed by atoms with van der Waals surface area (Å²) >= 11 is 0. The van der Waals surface area contributed by atoms with Gasteiger partial charge in [0.05, 0.1) is 7.11 Å². The molecular weight excluding hydrogens is 474 g/mol. The molecule has 3 aromatic rings. The number of carbonyl (C=O) groups excluding carboxylic acids is 1. The van der Waals surface area contributed by atoms with E-state index < -0.39 is 14.2 Å². The number of carbonyl (C=O) groups is 1. The van der Waals surface area contributed by atoms with Gasteiger partial charge in [-0.1, -0.05) is 32.5 Å². The van der Waals surface area contributed by atoms with Crippen molar-refractivity contribution in [3.05, 3.63) is 43.0 Å². The predicted molar refractivity (Wildman–Crippen MR) is 141 cm³/mol. The van der Waals surface area contributed by atoms with Crippen LogP contribution >= 0.6 is 0 Å². The van der Waals surface area contributed by atoms with E-state index in [1.54, 1.807) is 44.0 Å². The Balaban J connectivity index is 1.51. The third-order valence-electron chi connectivity index (χ3n) is 6.21. The Bertz CT molecular complexity index is 1170. The van der Waals surface area contributed by atoms with E-state index in [1.807, 2.05) is 10.6 Å². The molecule has 0 radical (unpaired) electrons. The summed E-state index contributed by atoms with van der Waals surface area (Å²) in [5.74, 6) is 1.75. The van der Waals surface area contributed by atoms with E-state index in [9.17, 15) is 4.79 Å². The Morgan fingerprint density at radius 1 is 1.14 bits per heavy atom. The van der Waals surface area contributed by atoms with Crippen LogP contribution in [0.4, 0.5) is 4.79 Å². The summed E-state index contributed by atoms with van der Waals surface area (Å²) in [4.78, 5) is 16.8. The third-order valence-corrected chi connectivity index (χ3v) is 7.91. The lowest BCUT2D eigenvalue weighted by atomic mass is 10.0. The van der Waals surface area contributed by atoms with Gasteiger partial charge < -0.3 is 19.5 Å². The van der Waals surface area contributed by atoms with Crippen molar-refractivity contribution >= 4 is 14.2 Å². The van der Waals surface area contributed by atoms with Gasteiger partial charge in [0.1, 0.15) is 24.6 Å². The Morgan fingerprint density at radius 3 is 2.67 bits per heavy atom. The van der Waals surface area contributed by atoms with Crippen LogP contribution in [-0.4, -0.2) is 53.7 Å². The molecule has 0 saturated heterocycles. The summed E-state index contributed by atoms with van der Waals surface area (Å²) in [5, 5.41) is 11.3. The van der Waals surface area contributed by atoms with Gasteiger partial charge in [0, 0.05) is 49.8 Å². The molecule has 0 aliphatic heterocycles. The fourth-order valence-electron chi connectivity index (χ4n) is 4.17. The molecule has 1 aromatic carbocycles. The predicted octanol–water partition coefficient (Wildman–Crippen LogP) is 5.36. The molecule has 1 saturated carbocycles. The average molecular weight is 510 g/mol. The molecule has 1 N–H and O–H groups in total. The number of rotatable bonds is 10. The highest BCUT2D eigenvalue weighted by Crippen LogP contribution is 2.35. The van der Waals surface area contributed by atoms with E-state index in [4.69, 9.17) is 14.2 Å². The lowest BCUT2D eigenvalue weighted by Crippen LogP contribution is -2.34. The smallest absolute Gasteiger partial charge is 0.412 e. The summed E-state index contributed by atoms with van der Waals surface area (Å²) in [6, 6.07) is 8.55. The van der Waals surface area contributed by atoms with Crippen molar-refractivity contribution < 1.29 is 19.0 Å². The van der Waals surface area contributed by atoms with E-state index in [2.05, 4.69) is 40.1 Å². The fraction of sp³-hybridized carbons (Fsp3) is 0.462. The summed E-state index contributed by atoms with van der Waals surface area (Å²) in [7, 11) is 0.451. The van der Waals surface area contributed by atoms with Crippen LogP contribution in [0.3, 0.4) is 0 Å². The summed E-state index contributed by atoms with van der Waals surface area (Å²) in [6.07, 6.45) is 8.98. The Kier molecular flexibility index (Phi) is 8.37. The molecule has 36 heavy (non-hydrogen) atoms. The summed E-state index contributed by atoms with van der Waals surface area (Å²) in [5.41, 5.74) is 2.36. The number of pyridine rings is 1. The maximum atomic E-state index is 12.4. The van der Waals surface area contributed by atoms with Gasteiger partial charge >= 0.3 is 6.09 Å². The molecule has 1 aliphatic rings. The van der Waals surface area contributed by atoms with Gasteiger partial charge in [0.25, 0.3) is 0 Å². The largest absolute Gasteiger partial charge is 0.496 e. The molecule has 0 bridgehead atoms. The molecule has 1 amide bonds. The van der Waals surface area contributed by atoms with Crippen molar-refractivity contribution in [1.29, 1.82) is 0 Å². The highest BCUT2D eigenvalue weighted by Gasteiger charge is 2.19. The van der Waals surface area contributed by atoms with Crippen LogP contribution in [0, 0.1) is 0 Å². The monoisotopic (exact) mass is 509 g/mol. The van der Waals surface area contributed by atoms with Crippen LogP contribution in [0.15, 0.2) is 43.0 Å². The first-order valence-corrected chi connectivity index (χ1v) is 16.1. The van der Waals surface area contributed by atoms with Gasteiger partial charge in [0.15, 0.2) is 5.82 Å². The second-order valence-electron chi connectivity index (χ2n) is 10.3. The van der Waals surface area contributed by atoms with Gasteiger partial charge in [-0.3, -0.25) is 9.55 Å². The highest BCUT2D eigenvalue weighted by molar-refractivity contribution is 6.76. The van der Waals surface area contributed by atoms with E-state index in [0.29, 0.717) is 30.7 Å². The minimum atomic E-state index is -1.16. The van der Waals surface area contributed by atoms with Crippen molar-refractivity contribution in [2.75, 3.05) is 13.7 Å². The third kappa shape index (κ3) is 6.92. The summed E-state index contributed by atoms with van der Waals surface area (Å²) in [6.45, 7) is 8.07. The molecule has 1 fully saturated rings. The maximum Gasteiger partial charge on any atom is 0.412 e. The lowest BCUT2D eigenvalue weighted by Gasteiger charge is -2.16. The number of methoxy groups -OCH3 is 1. The number of ether oxygens (including phenoxy) is 3. The molecule has 4 rings (SSSR count). The van der Waals surface area contributed by atoms with Crippen molar-refractivity contribution in [2.45, 2.75) is 64.1 Å². The van der Waals surface area contributed by atoms with Crippen LogP contribution in [0.25, 0.3) is 22.5 Å². The van der Waals surface area contributed by atoms with Gasteiger partial charge in [-0.15, -0.1) is 10.2 Å². The number of benzene rings is 1. The molecule has 192 valence electrons. The summed E-state index contributed by atoms with van der Waals surface area (Å²) < 4.78 is 18.9.